The molecule has 2 aliphatic rings. The zero-order valence-corrected chi connectivity index (χ0v) is 21.9. The highest BCUT2D eigenvalue weighted by atomic mass is 35.5. The van der Waals surface area contributed by atoms with Gasteiger partial charge in [-0.25, -0.2) is 14.5 Å². The van der Waals surface area contributed by atoms with Gasteiger partial charge < -0.3 is 20.7 Å². The number of nitrogens with zero attached hydrogens (tertiary/aromatic N) is 4. The number of nitrogens with one attached hydrogen (secondary N) is 3. The van der Waals surface area contributed by atoms with Gasteiger partial charge in [-0.3, -0.25) is 9.59 Å². The van der Waals surface area contributed by atoms with E-state index in [4.69, 9.17) is 27.9 Å². The van der Waals surface area contributed by atoms with Gasteiger partial charge in [0, 0.05) is 36.5 Å². The smallest absolute Gasteiger partial charge is 0.307 e. The first-order valence-electron chi connectivity index (χ1n) is 12.9. The number of terminal acetylenes is 1. The highest BCUT2D eigenvalue weighted by molar-refractivity contribution is 6.29. The minimum atomic E-state index is -0.502. The van der Waals surface area contributed by atoms with Gasteiger partial charge in [0.15, 0.2) is 17.4 Å². The molecule has 0 aliphatic heterocycles. The largest absolute Gasteiger partial charge is 0.449 e. The van der Waals surface area contributed by atoms with E-state index in [1.54, 1.807) is 23.6 Å². The molecule has 1 unspecified atom stereocenters. The van der Waals surface area contributed by atoms with Crippen molar-refractivity contribution in [3.8, 4) is 12.3 Å². The van der Waals surface area contributed by atoms with E-state index in [0.717, 1.165) is 44.2 Å². The summed E-state index contributed by atoms with van der Waals surface area (Å²) in [5.41, 5.74) is 2.25. The highest BCUT2D eigenvalue weighted by Gasteiger charge is 2.27. The van der Waals surface area contributed by atoms with Crippen molar-refractivity contribution in [2.24, 2.45) is 5.92 Å². The first kappa shape index (κ1) is 25.8. The molecule has 2 aliphatic carbocycles. The van der Waals surface area contributed by atoms with Crippen LogP contribution in [0.1, 0.15) is 62.4 Å². The maximum Gasteiger partial charge on any atom is 0.307 e. The van der Waals surface area contributed by atoms with Crippen LogP contribution in [0.2, 0.25) is 5.15 Å². The molecule has 0 radical (unpaired) electrons. The molecule has 2 fully saturated rings. The standard InChI is InChI=1S/C27H30ClN7O3/c1-3-16(2)38-25(36)12-17-4-6-19(7-5-17)32-24-14-21(31-18-8-9-18)26-30-15-22(35(26)34-24)27(37)33-20-10-11-29-23(28)13-20/h1,10-11,13-19,31H,4-9,12H2,2H3,(H,32,34)(H,29,33,37). The second kappa shape index (κ2) is 11.3. The van der Waals surface area contributed by atoms with Crippen LogP contribution < -0.4 is 16.0 Å². The van der Waals surface area contributed by atoms with Crippen molar-refractivity contribution in [2.45, 2.75) is 70.1 Å². The average Bonchev–Trinajstić information content (AvgIpc) is 3.60. The summed E-state index contributed by atoms with van der Waals surface area (Å²) < 4.78 is 6.79. The minimum Gasteiger partial charge on any atom is -0.449 e. The lowest BCUT2D eigenvalue weighted by atomic mass is 9.84. The molecular formula is C27H30ClN7O3. The molecule has 3 N–H and O–H groups in total. The number of hydrogen-bond donors (Lipinski definition) is 3. The van der Waals surface area contributed by atoms with Crippen LogP contribution in [0, 0.1) is 18.3 Å². The fourth-order valence-electron chi connectivity index (χ4n) is 4.66. The van der Waals surface area contributed by atoms with Crippen molar-refractivity contribution in [1.29, 1.82) is 0 Å². The zero-order chi connectivity index (χ0) is 26.6. The summed E-state index contributed by atoms with van der Waals surface area (Å²) in [5.74, 6) is 2.76. The number of fused-ring (bicyclic) bond motifs is 1. The third-order valence-electron chi connectivity index (χ3n) is 6.82. The van der Waals surface area contributed by atoms with Crippen LogP contribution >= 0.6 is 11.6 Å². The van der Waals surface area contributed by atoms with Crippen molar-refractivity contribution in [1.82, 2.24) is 19.6 Å². The van der Waals surface area contributed by atoms with Crippen LogP contribution in [0.15, 0.2) is 30.6 Å². The number of esters is 1. The van der Waals surface area contributed by atoms with Gasteiger partial charge in [-0.1, -0.05) is 17.5 Å². The van der Waals surface area contributed by atoms with Gasteiger partial charge in [0.1, 0.15) is 11.0 Å². The number of hydrogen-bond acceptors (Lipinski definition) is 8. The summed E-state index contributed by atoms with van der Waals surface area (Å²) in [7, 11) is 0. The van der Waals surface area contributed by atoms with Gasteiger partial charge in [0.05, 0.1) is 11.9 Å². The van der Waals surface area contributed by atoms with E-state index < -0.39 is 6.10 Å². The quantitative estimate of drug-likeness (QED) is 0.207. The summed E-state index contributed by atoms with van der Waals surface area (Å²) in [6.45, 7) is 1.69. The molecule has 1 amide bonds. The summed E-state index contributed by atoms with van der Waals surface area (Å²) >= 11 is 5.96. The molecule has 0 saturated heterocycles. The fourth-order valence-corrected chi connectivity index (χ4v) is 4.83. The highest BCUT2D eigenvalue weighted by Crippen LogP contribution is 2.32. The van der Waals surface area contributed by atoms with Gasteiger partial charge in [-0.05, 0) is 63.5 Å². The Hall–Kier alpha value is -3.84. The van der Waals surface area contributed by atoms with Gasteiger partial charge in [-0.15, -0.1) is 11.5 Å². The number of ether oxygens (including phenoxy) is 1. The van der Waals surface area contributed by atoms with Crippen molar-refractivity contribution in [3.05, 3.63) is 41.4 Å². The number of amides is 1. The first-order chi connectivity index (χ1) is 18.4. The van der Waals surface area contributed by atoms with E-state index in [9.17, 15) is 9.59 Å². The molecule has 5 rings (SSSR count). The van der Waals surface area contributed by atoms with Gasteiger partial charge in [0.2, 0.25) is 0 Å². The van der Waals surface area contributed by atoms with Crippen molar-refractivity contribution in [3.63, 3.8) is 0 Å². The Labute approximate surface area is 225 Å². The van der Waals surface area contributed by atoms with E-state index in [-0.39, 0.29) is 29.0 Å². The van der Waals surface area contributed by atoms with E-state index in [1.165, 1.54) is 12.4 Å². The molecule has 198 valence electrons. The molecule has 38 heavy (non-hydrogen) atoms. The monoisotopic (exact) mass is 535 g/mol. The molecule has 0 aromatic carbocycles. The first-order valence-corrected chi connectivity index (χ1v) is 13.3. The van der Waals surface area contributed by atoms with Crippen molar-refractivity contribution < 1.29 is 14.3 Å². The number of rotatable bonds is 9. The molecular weight excluding hydrogens is 506 g/mol. The van der Waals surface area contributed by atoms with E-state index >= 15 is 0 Å². The van der Waals surface area contributed by atoms with Gasteiger partial charge >= 0.3 is 5.97 Å². The SMILES string of the molecule is C#CC(C)OC(=O)CC1CCC(Nc2cc(NC3CC3)c3ncc(C(=O)Nc4ccnc(Cl)c4)n3n2)CC1. The molecule has 3 aromatic heterocycles. The number of carbonyl (C=O) groups is 2. The lowest BCUT2D eigenvalue weighted by molar-refractivity contribution is -0.147. The lowest BCUT2D eigenvalue weighted by Crippen LogP contribution is -2.28. The second-order valence-corrected chi connectivity index (χ2v) is 10.3. The Morgan fingerprint density at radius 1 is 1.16 bits per heavy atom. The topological polar surface area (TPSA) is 123 Å². The Kier molecular flexibility index (Phi) is 7.65. The number of aromatic nitrogens is 4. The number of imidazole rings is 1. The number of anilines is 3. The minimum absolute atomic E-state index is 0.199. The van der Waals surface area contributed by atoms with Crippen LogP contribution in [-0.4, -0.2) is 49.6 Å². The lowest BCUT2D eigenvalue weighted by Gasteiger charge is -2.29. The van der Waals surface area contributed by atoms with E-state index in [0.29, 0.717) is 35.3 Å². The normalized spacial score (nSPS) is 19.8. The Balaban J connectivity index is 1.29. The molecule has 0 bridgehead atoms. The Bertz CT molecular complexity index is 1370. The van der Waals surface area contributed by atoms with Gasteiger partial charge in [0.25, 0.3) is 5.91 Å². The third-order valence-corrected chi connectivity index (χ3v) is 7.03. The average molecular weight is 536 g/mol. The van der Waals surface area contributed by atoms with Crippen LogP contribution in [-0.2, 0) is 9.53 Å². The molecule has 0 spiro atoms. The summed E-state index contributed by atoms with van der Waals surface area (Å²) in [5, 5.41) is 14.9. The van der Waals surface area contributed by atoms with Crippen LogP contribution in [0.25, 0.3) is 5.65 Å². The van der Waals surface area contributed by atoms with Crippen LogP contribution in [0.5, 0.6) is 0 Å². The number of halogens is 1. The van der Waals surface area contributed by atoms with Crippen LogP contribution in [0.4, 0.5) is 17.2 Å². The maximum atomic E-state index is 13.1. The third kappa shape index (κ3) is 6.34. The zero-order valence-electron chi connectivity index (χ0n) is 21.1. The maximum absolute atomic E-state index is 13.1. The molecule has 3 heterocycles. The van der Waals surface area contributed by atoms with E-state index in [2.05, 4.69) is 31.8 Å². The summed E-state index contributed by atoms with van der Waals surface area (Å²) in [6, 6.07) is 5.80. The Morgan fingerprint density at radius 2 is 1.89 bits per heavy atom. The molecule has 10 nitrogen and oxygen atoms in total. The number of carbonyl (C=O) groups excluding carboxylic acids is 2. The molecule has 11 heteroatoms. The predicted octanol–water partition coefficient (Wildman–Crippen LogP) is 4.53. The Morgan fingerprint density at radius 3 is 2.61 bits per heavy atom. The molecule has 1 atom stereocenters. The molecule has 3 aromatic rings. The predicted molar refractivity (Wildman–Crippen MR) is 145 cm³/mol. The molecule has 2 saturated carbocycles. The summed E-state index contributed by atoms with van der Waals surface area (Å²) in [4.78, 5) is 33.6. The summed E-state index contributed by atoms with van der Waals surface area (Å²) in [6.07, 6.45) is 14.0. The second-order valence-electron chi connectivity index (χ2n) is 9.93. The van der Waals surface area contributed by atoms with Crippen molar-refractivity contribution in [2.75, 3.05) is 16.0 Å². The van der Waals surface area contributed by atoms with Gasteiger partial charge in [-0.2, -0.15) is 0 Å². The van der Waals surface area contributed by atoms with Crippen molar-refractivity contribution >= 4 is 46.3 Å². The van der Waals surface area contributed by atoms with E-state index in [1.807, 2.05) is 6.07 Å². The number of pyridine rings is 1. The fraction of sp³-hybridized carbons (Fsp3) is 0.444. The van der Waals surface area contributed by atoms with Crippen LogP contribution in [0.3, 0.4) is 0 Å².